The number of nitrogens with zero attached hydrogens (tertiary/aromatic N) is 1. The maximum absolute atomic E-state index is 5.93. The summed E-state index contributed by atoms with van der Waals surface area (Å²) in [7, 11) is 0. The Labute approximate surface area is 132 Å². The van der Waals surface area contributed by atoms with Gasteiger partial charge in [0.15, 0.2) is 0 Å². The molecule has 1 aromatic heterocycles. The smallest absolute Gasteiger partial charge is 0.204 e. The van der Waals surface area contributed by atoms with Gasteiger partial charge in [-0.1, -0.05) is 30.3 Å². The molecule has 118 valence electrons. The number of pyridine rings is 1. The summed E-state index contributed by atoms with van der Waals surface area (Å²) in [4.78, 5) is 4.55. The van der Waals surface area contributed by atoms with Crippen molar-refractivity contribution in [3.8, 4) is 5.75 Å². The number of benzene rings is 1. The van der Waals surface area contributed by atoms with Crippen molar-refractivity contribution in [3.63, 3.8) is 0 Å². The average Bonchev–Trinajstić information content (AvgIpc) is 2.54. The van der Waals surface area contributed by atoms with E-state index < -0.39 is 6.29 Å². The summed E-state index contributed by atoms with van der Waals surface area (Å²) in [5, 5.41) is 0. The zero-order chi connectivity index (χ0) is 15.8. The predicted octanol–water partition coefficient (Wildman–Crippen LogP) is 4.04. The van der Waals surface area contributed by atoms with Gasteiger partial charge in [0, 0.05) is 18.9 Å². The molecule has 0 spiro atoms. The van der Waals surface area contributed by atoms with Gasteiger partial charge in [-0.25, -0.2) is 4.98 Å². The zero-order valence-corrected chi connectivity index (χ0v) is 13.4. The number of ether oxygens (including phenoxy) is 3. The van der Waals surface area contributed by atoms with Crippen LogP contribution < -0.4 is 4.74 Å². The summed E-state index contributed by atoms with van der Waals surface area (Å²) in [6.45, 7) is 7.42. The Morgan fingerprint density at radius 1 is 0.955 bits per heavy atom. The fraction of sp³-hybridized carbons (Fsp3) is 0.389. The minimum Gasteiger partial charge on any atom is -0.487 e. The van der Waals surface area contributed by atoms with Crippen LogP contribution in [0.2, 0.25) is 0 Å². The van der Waals surface area contributed by atoms with Crippen molar-refractivity contribution < 1.29 is 14.2 Å². The molecule has 4 nitrogen and oxygen atoms in total. The molecule has 0 aliphatic rings. The Morgan fingerprint density at radius 3 is 2.27 bits per heavy atom. The first-order valence-electron chi connectivity index (χ1n) is 7.62. The van der Waals surface area contributed by atoms with Crippen LogP contribution in [0.1, 0.15) is 37.1 Å². The molecule has 0 N–H and O–H groups in total. The molecule has 4 heteroatoms. The minimum absolute atomic E-state index is 0.490. The van der Waals surface area contributed by atoms with Crippen LogP contribution in [0.5, 0.6) is 5.75 Å². The Balaban J connectivity index is 2.19. The van der Waals surface area contributed by atoms with Gasteiger partial charge in [-0.05, 0) is 38.5 Å². The Morgan fingerprint density at radius 2 is 1.64 bits per heavy atom. The molecule has 2 aromatic rings. The van der Waals surface area contributed by atoms with Crippen molar-refractivity contribution in [1.29, 1.82) is 0 Å². The van der Waals surface area contributed by atoms with Crippen LogP contribution in [0.25, 0.3) is 0 Å². The zero-order valence-electron chi connectivity index (χ0n) is 13.4. The van der Waals surface area contributed by atoms with Crippen LogP contribution in [0, 0.1) is 6.92 Å². The molecule has 0 saturated carbocycles. The number of hydrogen-bond acceptors (Lipinski definition) is 4. The molecular formula is C18H23NO3. The van der Waals surface area contributed by atoms with E-state index in [0.29, 0.717) is 31.3 Å². The van der Waals surface area contributed by atoms with Crippen LogP contribution in [0.3, 0.4) is 0 Å². The Kier molecular flexibility index (Phi) is 6.37. The van der Waals surface area contributed by atoms with Crippen LogP contribution in [-0.4, -0.2) is 18.2 Å². The van der Waals surface area contributed by atoms with Crippen molar-refractivity contribution in [3.05, 3.63) is 59.4 Å². The second-order valence-corrected chi connectivity index (χ2v) is 4.85. The first-order valence-corrected chi connectivity index (χ1v) is 7.62. The topological polar surface area (TPSA) is 40.6 Å². The summed E-state index contributed by atoms with van der Waals surface area (Å²) in [6, 6.07) is 13.9. The standard InChI is InChI=1S/C18H23NO3/c1-4-20-18(21-5-2)17-16(12-11-14(3)19-17)22-13-15-9-7-6-8-10-15/h6-12,18H,4-5,13H2,1-3H3. The minimum atomic E-state index is -0.499. The molecule has 0 fully saturated rings. The highest BCUT2D eigenvalue weighted by Gasteiger charge is 2.19. The maximum Gasteiger partial charge on any atom is 0.204 e. The third-order valence-electron chi connectivity index (χ3n) is 3.12. The van der Waals surface area contributed by atoms with Crippen LogP contribution in [0.4, 0.5) is 0 Å². The molecule has 0 bridgehead atoms. The fourth-order valence-electron chi connectivity index (χ4n) is 2.10. The van der Waals surface area contributed by atoms with E-state index in [1.54, 1.807) is 0 Å². The van der Waals surface area contributed by atoms with Crippen molar-refractivity contribution in [2.24, 2.45) is 0 Å². The molecule has 0 amide bonds. The van der Waals surface area contributed by atoms with E-state index in [0.717, 1.165) is 11.3 Å². The van der Waals surface area contributed by atoms with Crippen LogP contribution >= 0.6 is 0 Å². The van der Waals surface area contributed by atoms with Crippen molar-refractivity contribution in [2.45, 2.75) is 33.7 Å². The van der Waals surface area contributed by atoms with Gasteiger partial charge in [0.05, 0.1) is 0 Å². The quantitative estimate of drug-likeness (QED) is 0.690. The van der Waals surface area contributed by atoms with Gasteiger partial charge < -0.3 is 14.2 Å². The van der Waals surface area contributed by atoms with E-state index >= 15 is 0 Å². The van der Waals surface area contributed by atoms with E-state index in [1.165, 1.54) is 0 Å². The lowest BCUT2D eigenvalue weighted by atomic mass is 10.2. The van der Waals surface area contributed by atoms with E-state index in [1.807, 2.05) is 63.2 Å². The number of aryl methyl sites for hydroxylation is 1. The first kappa shape index (κ1) is 16.5. The molecule has 0 unspecified atom stereocenters. The number of hydrogen-bond donors (Lipinski definition) is 0. The molecular weight excluding hydrogens is 278 g/mol. The van der Waals surface area contributed by atoms with Gasteiger partial charge >= 0.3 is 0 Å². The SMILES string of the molecule is CCOC(OCC)c1nc(C)ccc1OCc1ccccc1. The highest BCUT2D eigenvalue weighted by molar-refractivity contribution is 5.30. The third-order valence-corrected chi connectivity index (χ3v) is 3.12. The normalized spacial score (nSPS) is 10.9. The summed E-state index contributed by atoms with van der Waals surface area (Å²) in [5.41, 5.74) is 2.71. The van der Waals surface area contributed by atoms with Gasteiger partial charge in [0.2, 0.25) is 6.29 Å². The molecule has 2 rings (SSSR count). The molecule has 1 aromatic carbocycles. The summed E-state index contributed by atoms with van der Waals surface area (Å²) < 4.78 is 17.2. The van der Waals surface area contributed by atoms with E-state index in [4.69, 9.17) is 14.2 Å². The lowest BCUT2D eigenvalue weighted by Crippen LogP contribution is -2.13. The molecule has 0 radical (unpaired) electrons. The summed E-state index contributed by atoms with van der Waals surface area (Å²) in [5.74, 6) is 0.696. The van der Waals surface area contributed by atoms with Gasteiger partial charge in [0.25, 0.3) is 0 Å². The van der Waals surface area contributed by atoms with Crippen molar-refractivity contribution in [1.82, 2.24) is 4.98 Å². The molecule has 1 heterocycles. The van der Waals surface area contributed by atoms with Gasteiger partial charge in [-0.15, -0.1) is 0 Å². The van der Waals surface area contributed by atoms with Gasteiger partial charge in [-0.2, -0.15) is 0 Å². The molecule has 0 atom stereocenters. The predicted molar refractivity (Wildman–Crippen MR) is 85.7 cm³/mol. The average molecular weight is 301 g/mol. The van der Waals surface area contributed by atoms with Crippen LogP contribution in [-0.2, 0) is 16.1 Å². The monoisotopic (exact) mass is 301 g/mol. The lowest BCUT2D eigenvalue weighted by molar-refractivity contribution is -0.143. The summed E-state index contributed by atoms with van der Waals surface area (Å²) >= 11 is 0. The summed E-state index contributed by atoms with van der Waals surface area (Å²) in [6.07, 6.45) is -0.499. The second-order valence-electron chi connectivity index (χ2n) is 4.85. The number of rotatable bonds is 8. The third kappa shape index (κ3) is 4.55. The van der Waals surface area contributed by atoms with Crippen LogP contribution in [0.15, 0.2) is 42.5 Å². The highest BCUT2D eigenvalue weighted by atomic mass is 16.7. The molecule has 0 aliphatic carbocycles. The first-order chi connectivity index (χ1) is 10.7. The Bertz CT molecular complexity index is 566. The van der Waals surface area contributed by atoms with E-state index in [2.05, 4.69) is 4.98 Å². The second kappa shape index (κ2) is 8.51. The largest absolute Gasteiger partial charge is 0.487 e. The Hall–Kier alpha value is -1.91. The maximum atomic E-state index is 5.93. The van der Waals surface area contributed by atoms with E-state index in [-0.39, 0.29) is 0 Å². The highest BCUT2D eigenvalue weighted by Crippen LogP contribution is 2.28. The molecule has 0 saturated heterocycles. The fourth-order valence-corrected chi connectivity index (χ4v) is 2.10. The molecule has 0 aliphatic heterocycles. The van der Waals surface area contributed by atoms with Crippen molar-refractivity contribution >= 4 is 0 Å². The van der Waals surface area contributed by atoms with Gasteiger partial charge in [-0.3, -0.25) is 0 Å². The van der Waals surface area contributed by atoms with E-state index in [9.17, 15) is 0 Å². The van der Waals surface area contributed by atoms with Gasteiger partial charge in [0.1, 0.15) is 18.1 Å². The van der Waals surface area contributed by atoms with Crippen molar-refractivity contribution in [2.75, 3.05) is 13.2 Å². The molecule has 22 heavy (non-hydrogen) atoms. The lowest BCUT2D eigenvalue weighted by Gasteiger charge is -2.20. The number of aromatic nitrogens is 1.